The van der Waals surface area contributed by atoms with Crippen LogP contribution in [0.2, 0.25) is 0 Å². The van der Waals surface area contributed by atoms with Gasteiger partial charge in [0, 0.05) is 12.2 Å². The van der Waals surface area contributed by atoms with Crippen molar-refractivity contribution in [2.24, 2.45) is 5.73 Å². The molecule has 1 heterocycles. The summed E-state index contributed by atoms with van der Waals surface area (Å²) in [5, 5.41) is 8.98. The van der Waals surface area contributed by atoms with Gasteiger partial charge in [0.05, 0.1) is 24.7 Å². The van der Waals surface area contributed by atoms with E-state index < -0.39 is 0 Å². The predicted molar refractivity (Wildman–Crippen MR) is 55.9 cm³/mol. The van der Waals surface area contributed by atoms with Crippen molar-refractivity contribution in [3.8, 4) is 0 Å². The Kier molecular flexibility index (Phi) is 4.10. The van der Waals surface area contributed by atoms with Crippen LogP contribution in [0.5, 0.6) is 0 Å². The molecule has 0 fully saturated rings. The molecule has 1 aromatic heterocycles. The standard InChI is InChI=1S/C10H19N3O/c1-3-4-8(2)13-7-12-5-10(13)9(11)6-14/h5,7-9,14H,3-4,6,11H2,1-2H3. The lowest BCUT2D eigenvalue weighted by atomic mass is 10.1. The van der Waals surface area contributed by atoms with Gasteiger partial charge in [-0.15, -0.1) is 0 Å². The number of nitrogens with zero attached hydrogens (tertiary/aromatic N) is 2. The van der Waals surface area contributed by atoms with Crippen molar-refractivity contribution in [2.45, 2.75) is 38.8 Å². The molecule has 0 saturated carbocycles. The number of rotatable bonds is 5. The molecule has 0 aromatic carbocycles. The van der Waals surface area contributed by atoms with Gasteiger partial charge >= 0.3 is 0 Å². The Morgan fingerprint density at radius 1 is 1.64 bits per heavy atom. The molecule has 0 radical (unpaired) electrons. The summed E-state index contributed by atoms with van der Waals surface area (Å²) in [6.07, 6.45) is 5.74. The van der Waals surface area contributed by atoms with Crippen LogP contribution in [-0.4, -0.2) is 21.3 Å². The summed E-state index contributed by atoms with van der Waals surface area (Å²) in [7, 11) is 0. The van der Waals surface area contributed by atoms with Crippen LogP contribution < -0.4 is 5.73 Å². The maximum atomic E-state index is 8.98. The van der Waals surface area contributed by atoms with Gasteiger partial charge in [-0.1, -0.05) is 13.3 Å². The molecule has 0 aliphatic carbocycles. The van der Waals surface area contributed by atoms with E-state index in [0.717, 1.165) is 18.5 Å². The number of hydrogen-bond donors (Lipinski definition) is 2. The highest BCUT2D eigenvalue weighted by molar-refractivity contribution is 5.05. The Morgan fingerprint density at radius 3 is 2.93 bits per heavy atom. The van der Waals surface area contributed by atoms with Gasteiger partial charge in [-0.05, 0) is 13.3 Å². The van der Waals surface area contributed by atoms with Crippen LogP contribution in [0, 0.1) is 0 Å². The molecular formula is C10H19N3O. The topological polar surface area (TPSA) is 64.1 Å². The fourth-order valence-corrected chi connectivity index (χ4v) is 1.62. The van der Waals surface area contributed by atoms with E-state index in [9.17, 15) is 0 Å². The minimum atomic E-state index is -0.322. The van der Waals surface area contributed by atoms with Gasteiger partial charge < -0.3 is 15.4 Å². The minimum Gasteiger partial charge on any atom is -0.394 e. The molecule has 1 rings (SSSR count). The van der Waals surface area contributed by atoms with Gasteiger partial charge in [0.25, 0.3) is 0 Å². The normalized spacial score (nSPS) is 15.4. The maximum absolute atomic E-state index is 8.98. The van der Waals surface area contributed by atoms with E-state index in [4.69, 9.17) is 10.8 Å². The first-order valence-corrected chi connectivity index (χ1v) is 5.08. The molecule has 0 spiro atoms. The van der Waals surface area contributed by atoms with E-state index in [1.54, 1.807) is 12.5 Å². The van der Waals surface area contributed by atoms with Crippen molar-refractivity contribution in [2.75, 3.05) is 6.61 Å². The van der Waals surface area contributed by atoms with Crippen LogP contribution in [0.1, 0.15) is 44.5 Å². The highest BCUT2D eigenvalue weighted by atomic mass is 16.3. The average Bonchev–Trinajstić information content (AvgIpc) is 2.65. The summed E-state index contributed by atoms with van der Waals surface area (Å²) in [5.74, 6) is 0. The summed E-state index contributed by atoms with van der Waals surface area (Å²) in [5.41, 5.74) is 6.67. The zero-order valence-electron chi connectivity index (χ0n) is 8.85. The van der Waals surface area contributed by atoms with Gasteiger partial charge in [0.1, 0.15) is 0 Å². The molecule has 80 valence electrons. The maximum Gasteiger partial charge on any atom is 0.0951 e. The Hall–Kier alpha value is -0.870. The fourth-order valence-electron chi connectivity index (χ4n) is 1.62. The number of aromatic nitrogens is 2. The minimum absolute atomic E-state index is 0.0372. The van der Waals surface area contributed by atoms with Gasteiger partial charge in [-0.3, -0.25) is 0 Å². The Morgan fingerprint density at radius 2 is 2.36 bits per heavy atom. The molecule has 4 heteroatoms. The Labute approximate surface area is 84.8 Å². The van der Waals surface area contributed by atoms with Crippen LogP contribution in [0.15, 0.2) is 12.5 Å². The van der Waals surface area contributed by atoms with E-state index in [2.05, 4.69) is 18.8 Å². The van der Waals surface area contributed by atoms with Gasteiger partial charge in [0.15, 0.2) is 0 Å². The number of hydrogen-bond acceptors (Lipinski definition) is 3. The molecule has 2 unspecified atom stereocenters. The molecule has 1 aromatic rings. The first-order valence-electron chi connectivity index (χ1n) is 5.08. The van der Waals surface area contributed by atoms with E-state index >= 15 is 0 Å². The lowest BCUT2D eigenvalue weighted by Gasteiger charge is -2.18. The molecule has 0 bridgehead atoms. The van der Waals surface area contributed by atoms with E-state index in [1.165, 1.54) is 0 Å². The smallest absolute Gasteiger partial charge is 0.0951 e. The SMILES string of the molecule is CCCC(C)n1cncc1C(N)CO. The first kappa shape index (κ1) is 11.2. The molecule has 0 saturated heterocycles. The number of aliphatic hydroxyl groups is 1. The lowest BCUT2D eigenvalue weighted by Crippen LogP contribution is -2.20. The predicted octanol–water partition coefficient (Wildman–Crippen LogP) is 1.24. The number of aliphatic hydroxyl groups excluding tert-OH is 1. The zero-order chi connectivity index (χ0) is 10.6. The third-order valence-electron chi connectivity index (χ3n) is 2.45. The molecule has 4 nitrogen and oxygen atoms in total. The van der Waals surface area contributed by atoms with Gasteiger partial charge in [-0.25, -0.2) is 4.98 Å². The summed E-state index contributed by atoms with van der Waals surface area (Å²) >= 11 is 0. The third kappa shape index (κ3) is 2.33. The highest BCUT2D eigenvalue weighted by Gasteiger charge is 2.13. The van der Waals surface area contributed by atoms with Crippen LogP contribution >= 0.6 is 0 Å². The Balaban J connectivity index is 2.81. The molecular weight excluding hydrogens is 178 g/mol. The van der Waals surface area contributed by atoms with Crippen LogP contribution in [-0.2, 0) is 0 Å². The van der Waals surface area contributed by atoms with E-state index in [0.29, 0.717) is 6.04 Å². The second kappa shape index (κ2) is 5.12. The van der Waals surface area contributed by atoms with Crippen molar-refractivity contribution in [3.63, 3.8) is 0 Å². The van der Waals surface area contributed by atoms with Gasteiger partial charge in [0.2, 0.25) is 0 Å². The van der Waals surface area contributed by atoms with Crippen LogP contribution in [0.3, 0.4) is 0 Å². The zero-order valence-corrected chi connectivity index (χ0v) is 8.85. The molecule has 0 aliphatic rings. The van der Waals surface area contributed by atoms with Crippen molar-refractivity contribution in [1.82, 2.24) is 9.55 Å². The van der Waals surface area contributed by atoms with E-state index in [1.807, 2.05) is 4.57 Å². The summed E-state index contributed by atoms with van der Waals surface area (Å²) in [4.78, 5) is 4.07. The van der Waals surface area contributed by atoms with Crippen molar-refractivity contribution < 1.29 is 5.11 Å². The molecule has 2 atom stereocenters. The monoisotopic (exact) mass is 197 g/mol. The number of imidazole rings is 1. The summed E-state index contributed by atoms with van der Waals surface area (Å²) in [6, 6.07) is 0.0758. The quantitative estimate of drug-likeness (QED) is 0.746. The Bertz CT molecular complexity index is 272. The third-order valence-corrected chi connectivity index (χ3v) is 2.45. The summed E-state index contributed by atoms with van der Waals surface area (Å²) < 4.78 is 2.05. The van der Waals surface area contributed by atoms with Crippen molar-refractivity contribution >= 4 is 0 Å². The summed E-state index contributed by atoms with van der Waals surface area (Å²) in [6.45, 7) is 4.25. The largest absolute Gasteiger partial charge is 0.394 e. The van der Waals surface area contributed by atoms with Crippen molar-refractivity contribution in [1.29, 1.82) is 0 Å². The first-order chi connectivity index (χ1) is 6.70. The molecule has 3 N–H and O–H groups in total. The van der Waals surface area contributed by atoms with Crippen molar-refractivity contribution in [3.05, 3.63) is 18.2 Å². The average molecular weight is 197 g/mol. The highest BCUT2D eigenvalue weighted by Crippen LogP contribution is 2.18. The molecule has 14 heavy (non-hydrogen) atoms. The van der Waals surface area contributed by atoms with Crippen LogP contribution in [0.4, 0.5) is 0 Å². The second-order valence-electron chi connectivity index (χ2n) is 3.65. The van der Waals surface area contributed by atoms with Crippen LogP contribution in [0.25, 0.3) is 0 Å². The number of nitrogens with two attached hydrogens (primary N) is 1. The van der Waals surface area contributed by atoms with Gasteiger partial charge in [-0.2, -0.15) is 0 Å². The second-order valence-corrected chi connectivity index (χ2v) is 3.65. The van der Waals surface area contributed by atoms with E-state index in [-0.39, 0.29) is 12.6 Å². The fraction of sp³-hybridized carbons (Fsp3) is 0.700. The molecule has 0 amide bonds. The molecule has 0 aliphatic heterocycles. The lowest BCUT2D eigenvalue weighted by molar-refractivity contribution is 0.261.